The van der Waals surface area contributed by atoms with Crippen LogP contribution in [0.25, 0.3) is 0 Å². The topological polar surface area (TPSA) is 69.4 Å². The molecule has 1 unspecified atom stereocenters. The molecule has 12 heavy (non-hydrogen) atoms. The molecule has 1 rings (SSSR count). The fourth-order valence-corrected chi connectivity index (χ4v) is 1.44. The van der Waals surface area contributed by atoms with Crippen molar-refractivity contribution < 1.29 is 4.92 Å². The van der Waals surface area contributed by atoms with E-state index in [1.807, 2.05) is 0 Å². The van der Waals surface area contributed by atoms with E-state index in [2.05, 4.69) is 15.9 Å². The first-order valence-electron chi connectivity index (χ1n) is 3.17. The van der Waals surface area contributed by atoms with Crippen molar-refractivity contribution in [2.24, 2.45) is 0 Å². The first-order chi connectivity index (χ1) is 5.52. The Labute approximate surface area is 77.2 Å². The minimum Gasteiger partial charge on any atom is -0.758 e. The van der Waals surface area contributed by atoms with E-state index >= 15 is 0 Å². The molecule has 1 aliphatic heterocycles. The maximum absolute atomic E-state index is 11.0. The summed E-state index contributed by atoms with van der Waals surface area (Å²) in [6.07, 6.45) is 2.49. The van der Waals surface area contributed by atoms with Crippen LogP contribution in [-0.4, -0.2) is 14.9 Å². The Balaban J connectivity index is 2.95. The molecule has 0 amide bonds. The Hall–Kier alpha value is -0.880. The van der Waals surface area contributed by atoms with Gasteiger partial charge in [0, 0.05) is 17.8 Å². The predicted molar refractivity (Wildman–Crippen MR) is 46.8 cm³/mol. The van der Waals surface area contributed by atoms with Crippen LogP contribution in [0.2, 0.25) is 0 Å². The summed E-state index contributed by atoms with van der Waals surface area (Å²) in [7, 11) is 0. The maximum atomic E-state index is 11.0. The quantitative estimate of drug-likeness (QED) is 0.299. The lowest BCUT2D eigenvalue weighted by Crippen LogP contribution is -2.25. The van der Waals surface area contributed by atoms with Gasteiger partial charge in [-0.3, -0.25) is 10.1 Å². The number of allylic oxidation sites excluding steroid dienone is 2. The van der Waals surface area contributed by atoms with E-state index in [1.54, 1.807) is 0 Å². The molecule has 0 radical (unpaired) electrons. The molecule has 6 heteroatoms. The van der Waals surface area contributed by atoms with Gasteiger partial charge in [-0.2, -0.15) is 0 Å². The lowest BCUT2D eigenvalue weighted by molar-refractivity contribution is -0.419. The van der Waals surface area contributed by atoms with Crippen molar-refractivity contribution in [2.75, 3.05) is 0 Å². The van der Waals surface area contributed by atoms with E-state index in [-0.39, 0.29) is 5.70 Å². The van der Waals surface area contributed by atoms with Crippen molar-refractivity contribution in [3.05, 3.63) is 38.9 Å². The molecule has 1 aliphatic rings. The van der Waals surface area contributed by atoms with Gasteiger partial charge in [0.25, 0.3) is 5.70 Å². The highest BCUT2D eigenvalue weighted by atomic mass is 79.9. The smallest absolute Gasteiger partial charge is 0.270 e. The number of nitrogens with zero attached hydrogens (tertiary/aromatic N) is 2. The second-order valence-electron chi connectivity index (χ2n) is 2.33. The highest BCUT2D eigenvalue weighted by molar-refractivity contribution is 9.09. The zero-order valence-electron chi connectivity index (χ0n) is 6.23. The van der Waals surface area contributed by atoms with Crippen molar-refractivity contribution >= 4 is 15.9 Å². The molecule has 0 saturated heterocycles. The Bertz CT molecular complexity index is 274. The van der Waals surface area contributed by atoms with Crippen molar-refractivity contribution in [3.8, 4) is 0 Å². The lowest BCUT2D eigenvalue weighted by atomic mass is 10.2. The van der Waals surface area contributed by atoms with Gasteiger partial charge in [-0.25, -0.2) is 0 Å². The molecule has 0 aromatic carbocycles. The van der Waals surface area contributed by atoms with E-state index < -0.39 is 9.87 Å². The van der Waals surface area contributed by atoms with Crippen molar-refractivity contribution in [1.82, 2.24) is 5.06 Å². The lowest BCUT2D eigenvalue weighted by Gasteiger charge is -2.36. The van der Waals surface area contributed by atoms with Gasteiger partial charge in [0.1, 0.15) is 0 Å². The van der Waals surface area contributed by atoms with Crippen LogP contribution in [-0.2, 0) is 0 Å². The standard InChI is InChI=1S/C6H6BrN2O3/c1-4-2-5(9(11)12)3-6(7)8(4)10/h2-3,6H,1H3/q-1. The number of rotatable bonds is 1. The van der Waals surface area contributed by atoms with E-state index in [0.29, 0.717) is 10.8 Å². The van der Waals surface area contributed by atoms with Gasteiger partial charge in [-0.05, 0) is 6.92 Å². The molecule has 0 aromatic rings. The summed E-state index contributed by atoms with van der Waals surface area (Å²) in [5.74, 6) is 0. The van der Waals surface area contributed by atoms with Crippen LogP contribution in [0.1, 0.15) is 6.92 Å². The van der Waals surface area contributed by atoms with Crippen LogP contribution in [0.15, 0.2) is 23.5 Å². The van der Waals surface area contributed by atoms with Crippen molar-refractivity contribution in [2.45, 2.75) is 11.9 Å². The van der Waals surface area contributed by atoms with Crippen LogP contribution in [0.4, 0.5) is 0 Å². The van der Waals surface area contributed by atoms with Gasteiger partial charge in [-0.1, -0.05) is 15.9 Å². The van der Waals surface area contributed by atoms with Gasteiger partial charge in [0.15, 0.2) is 0 Å². The molecule has 0 aliphatic carbocycles. The SMILES string of the molecule is CC1=CC([N+](=O)[O-])=CC(Br)N1[O-]. The van der Waals surface area contributed by atoms with Gasteiger partial charge < -0.3 is 10.3 Å². The Kier molecular flexibility index (Phi) is 2.49. The van der Waals surface area contributed by atoms with Crippen LogP contribution < -0.4 is 0 Å². The third-order valence-corrected chi connectivity index (χ3v) is 2.08. The maximum Gasteiger partial charge on any atom is 0.270 e. The normalized spacial score (nSPS) is 23.2. The summed E-state index contributed by atoms with van der Waals surface area (Å²) in [6.45, 7) is 1.53. The molecule has 0 spiro atoms. The number of hydroxylamine groups is 2. The van der Waals surface area contributed by atoms with Crippen LogP contribution in [0.5, 0.6) is 0 Å². The summed E-state index contributed by atoms with van der Waals surface area (Å²) < 4.78 is 0. The zero-order valence-corrected chi connectivity index (χ0v) is 7.82. The molecule has 0 N–H and O–H groups in total. The molecule has 0 aromatic heterocycles. The number of hydrogen-bond acceptors (Lipinski definition) is 4. The first kappa shape index (κ1) is 9.21. The first-order valence-corrected chi connectivity index (χ1v) is 4.09. The highest BCUT2D eigenvalue weighted by Crippen LogP contribution is 2.22. The van der Waals surface area contributed by atoms with E-state index in [9.17, 15) is 15.3 Å². The molecule has 0 bridgehead atoms. The molecule has 0 fully saturated rings. The van der Waals surface area contributed by atoms with E-state index in [0.717, 1.165) is 0 Å². The summed E-state index contributed by atoms with van der Waals surface area (Å²) >= 11 is 2.99. The van der Waals surface area contributed by atoms with Gasteiger partial charge in [0.05, 0.1) is 9.87 Å². The van der Waals surface area contributed by atoms with Gasteiger partial charge in [-0.15, -0.1) is 0 Å². The second-order valence-corrected chi connectivity index (χ2v) is 3.27. The molecular weight excluding hydrogens is 228 g/mol. The molecular formula is C6H6BrN2O3-. The van der Waals surface area contributed by atoms with Crippen LogP contribution in [0.3, 0.4) is 0 Å². The fourth-order valence-electron chi connectivity index (χ4n) is 0.842. The number of hydrogen-bond donors (Lipinski definition) is 0. The summed E-state index contributed by atoms with van der Waals surface area (Å²) in [4.78, 5) is 9.14. The number of nitro groups is 1. The Morgan fingerprint density at radius 2 is 2.33 bits per heavy atom. The van der Waals surface area contributed by atoms with E-state index in [1.165, 1.54) is 19.1 Å². The number of halogens is 1. The van der Waals surface area contributed by atoms with Gasteiger partial charge in [0.2, 0.25) is 0 Å². The van der Waals surface area contributed by atoms with E-state index in [4.69, 9.17) is 0 Å². The van der Waals surface area contributed by atoms with Gasteiger partial charge >= 0.3 is 0 Å². The summed E-state index contributed by atoms with van der Waals surface area (Å²) in [6, 6.07) is 0. The Morgan fingerprint density at radius 1 is 1.75 bits per heavy atom. The fraction of sp³-hybridized carbons (Fsp3) is 0.333. The molecule has 1 heterocycles. The number of alkyl halides is 1. The zero-order chi connectivity index (χ0) is 9.30. The average Bonchev–Trinajstić information content (AvgIpc) is 1.99. The summed E-state index contributed by atoms with van der Waals surface area (Å²) in [5.41, 5.74) is 0.271. The monoisotopic (exact) mass is 233 g/mol. The third-order valence-electron chi connectivity index (χ3n) is 1.45. The summed E-state index contributed by atoms with van der Waals surface area (Å²) in [5, 5.41) is 22.0. The van der Waals surface area contributed by atoms with Crippen molar-refractivity contribution in [1.29, 1.82) is 0 Å². The molecule has 0 saturated carbocycles. The Morgan fingerprint density at radius 3 is 2.75 bits per heavy atom. The minimum atomic E-state index is -0.636. The average molecular weight is 234 g/mol. The predicted octanol–water partition coefficient (Wildman–Crippen LogP) is 1.59. The minimum absolute atomic E-state index is 0.0542. The highest BCUT2D eigenvalue weighted by Gasteiger charge is 2.18. The third kappa shape index (κ3) is 1.64. The second kappa shape index (κ2) is 3.24. The van der Waals surface area contributed by atoms with Crippen LogP contribution >= 0.6 is 15.9 Å². The van der Waals surface area contributed by atoms with Crippen molar-refractivity contribution in [3.63, 3.8) is 0 Å². The molecule has 66 valence electrons. The molecule has 5 nitrogen and oxygen atoms in total. The largest absolute Gasteiger partial charge is 0.758 e. The van der Waals surface area contributed by atoms with Crippen LogP contribution in [0, 0.1) is 15.3 Å². The molecule has 1 atom stereocenters.